The Kier molecular flexibility index (Phi) is 5.10. The first-order chi connectivity index (χ1) is 9.15. The van der Waals surface area contributed by atoms with E-state index < -0.39 is 16.8 Å². The van der Waals surface area contributed by atoms with Gasteiger partial charge in [-0.1, -0.05) is 30.3 Å². The van der Waals surface area contributed by atoms with Gasteiger partial charge in [-0.15, -0.1) is 0 Å². The average Bonchev–Trinajstić information content (AvgIpc) is 2.42. The van der Waals surface area contributed by atoms with Gasteiger partial charge in [-0.25, -0.2) is 0 Å². The molecule has 0 bridgehead atoms. The summed E-state index contributed by atoms with van der Waals surface area (Å²) in [5.74, 6) is 1.25. The van der Waals surface area contributed by atoms with Crippen molar-refractivity contribution in [3.8, 4) is 0 Å². The summed E-state index contributed by atoms with van der Waals surface area (Å²) in [5, 5.41) is 2.96. The van der Waals surface area contributed by atoms with Crippen molar-refractivity contribution >= 4 is 16.7 Å². The van der Waals surface area contributed by atoms with Gasteiger partial charge in [0.05, 0.1) is 6.04 Å². The number of nitrogens with two attached hydrogens (primary N) is 1. The molecular weight excluding hydrogens is 260 g/mol. The van der Waals surface area contributed by atoms with Gasteiger partial charge in [0.1, 0.15) is 0 Å². The molecule has 0 aromatic heterocycles. The standard InChI is InChI=1S/C14H20N2O2S/c15-13(10-11-4-2-1-3-5-11)14(17)16-12-6-8-19(18)9-7-12/h1-5,12-13H,6-10,15H2,(H,16,17). The monoisotopic (exact) mass is 280 g/mol. The Hall–Kier alpha value is -1.20. The van der Waals surface area contributed by atoms with E-state index in [1.807, 2.05) is 30.3 Å². The maximum absolute atomic E-state index is 12.0. The molecule has 4 nitrogen and oxygen atoms in total. The Morgan fingerprint density at radius 3 is 2.58 bits per heavy atom. The van der Waals surface area contributed by atoms with E-state index in [1.165, 1.54) is 0 Å². The molecule has 1 aromatic carbocycles. The minimum Gasteiger partial charge on any atom is -0.352 e. The lowest BCUT2D eigenvalue weighted by atomic mass is 10.1. The van der Waals surface area contributed by atoms with Crippen molar-refractivity contribution in [2.75, 3.05) is 11.5 Å². The van der Waals surface area contributed by atoms with Gasteiger partial charge in [0.25, 0.3) is 0 Å². The van der Waals surface area contributed by atoms with Crippen LogP contribution in [-0.4, -0.2) is 33.7 Å². The van der Waals surface area contributed by atoms with Crippen LogP contribution in [0.1, 0.15) is 18.4 Å². The van der Waals surface area contributed by atoms with Crippen LogP contribution >= 0.6 is 0 Å². The summed E-state index contributed by atoms with van der Waals surface area (Å²) in [6.45, 7) is 0. The van der Waals surface area contributed by atoms with Gasteiger partial charge in [-0.3, -0.25) is 9.00 Å². The Morgan fingerprint density at radius 2 is 1.95 bits per heavy atom. The molecule has 2 rings (SSSR count). The lowest BCUT2D eigenvalue weighted by Gasteiger charge is -2.24. The first-order valence-corrected chi connectivity index (χ1v) is 8.09. The molecule has 1 unspecified atom stereocenters. The van der Waals surface area contributed by atoms with Crippen molar-refractivity contribution in [2.45, 2.75) is 31.3 Å². The number of rotatable bonds is 4. The zero-order valence-corrected chi connectivity index (χ0v) is 11.7. The van der Waals surface area contributed by atoms with Crippen LogP contribution in [0.3, 0.4) is 0 Å². The number of amides is 1. The predicted molar refractivity (Wildman–Crippen MR) is 77.2 cm³/mol. The number of hydrogen-bond acceptors (Lipinski definition) is 3. The van der Waals surface area contributed by atoms with Gasteiger partial charge >= 0.3 is 0 Å². The highest BCUT2D eigenvalue weighted by Crippen LogP contribution is 2.09. The third kappa shape index (κ3) is 4.44. The van der Waals surface area contributed by atoms with E-state index in [4.69, 9.17) is 5.73 Å². The lowest BCUT2D eigenvalue weighted by molar-refractivity contribution is -0.123. The Bertz CT molecular complexity index is 440. The highest BCUT2D eigenvalue weighted by Gasteiger charge is 2.22. The molecular formula is C14H20N2O2S. The van der Waals surface area contributed by atoms with E-state index in [9.17, 15) is 9.00 Å². The lowest BCUT2D eigenvalue weighted by Crippen LogP contribution is -2.48. The molecule has 1 aromatic rings. The Morgan fingerprint density at radius 1 is 1.32 bits per heavy atom. The third-order valence-electron chi connectivity index (χ3n) is 3.37. The summed E-state index contributed by atoms with van der Waals surface area (Å²) >= 11 is 0. The fourth-order valence-electron chi connectivity index (χ4n) is 2.21. The van der Waals surface area contributed by atoms with E-state index in [1.54, 1.807) is 0 Å². The topological polar surface area (TPSA) is 72.2 Å². The van der Waals surface area contributed by atoms with Gasteiger partial charge in [-0.05, 0) is 24.8 Å². The molecule has 1 aliphatic heterocycles. The normalized spacial score (nSPS) is 24.7. The second kappa shape index (κ2) is 6.82. The third-order valence-corrected chi connectivity index (χ3v) is 4.75. The summed E-state index contributed by atoms with van der Waals surface area (Å²) in [7, 11) is -0.700. The summed E-state index contributed by atoms with van der Waals surface area (Å²) < 4.78 is 11.2. The number of nitrogens with one attached hydrogen (secondary N) is 1. The van der Waals surface area contributed by atoms with Crippen molar-refractivity contribution in [1.82, 2.24) is 5.32 Å². The van der Waals surface area contributed by atoms with E-state index in [-0.39, 0.29) is 11.9 Å². The Balaban J connectivity index is 1.81. The van der Waals surface area contributed by atoms with E-state index in [0.29, 0.717) is 17.9 Å². The second-order valence-electron chi connectivity index (χ2n) is 4.93. The molecule has 1 amide bonds. The smallest absolute Gasteiger partial charge is 0.237 e. The fourth-order valence-corrected chi connectivity index (χ4v) is 3.51. The van der Waals surface area contributed by atoms with Gasteiger partial charge in [-0.2, -0.15) is 0 Å². The molecule has 5 heteroatoms. The number of carbonyl (C=O) groups is 1. The molecule has 1 heterocycles. The van der Waals surface area contributed by atoms with Crippen LogP contribution in [0.25, 0.3) is 0 Å². The highest BCUT2D eigenvalue weighted by molar-refractivity contribution is 7.85. The number of hydrogen-bond donors (Lipinski definition) is 2. The SMILES string of the molecule is NC(Cc1ccccc1)C(=O)NC1CCS(=O)CC1. The maximum atomic E-state index is 12.0. The molecule has 1 aliphatic rings. The molecule has 1 fully saturated rings. The Labute approximate surface area is 116 Å². The summed E-state index contributed by atoms with van der Waals surface area (Å²) in [5.41, 5.74) is 6.99. The van der Waals surface area contributed by atoms with E-state index in [0.717, 1.165) is 18.4 Å². The number of carbonyl (C=O) groups excluding carboxylic acids is 1. The van der Waals surface area contributed by atoms with Crippen LogP contribution in [0.2, 0.25) is 0 Å². The van der Waals surface area contributed by atoms with Crippen molar-refractivity contribution in [2.24, 2.45) is 5.73 Å². The molecule has 0 aliphatic carbocycles. The summed E-state index contributed by atoms with van der Waals surface area (Å²) in [4.78, 5) is 12.0. The zero-order valence-electron chi connectivity index (χ0n) is 10.9. The number of benzene rings is 1. The van der Waals surface area contributed by atoms with Crippen molar-refractivity contribution in [1.29, 1.82) is 0 Å². The van der Waals surface area contributed by atoms with Gasteiger partial charge in [0, 0.05) is 28.3 Å². The predicted octanol–water partition coefficient (Wildman–Crippen LogP) is 0.584. The minimum atomic E-state index is -0.700. The quantitative estimate of drug-likeness (QED) is 0.847. The molecule has 104 valence electrons. The molecule has 1 atom stereocenters. The minimum absolute atomic E-state index is 0.110. The first-order valence-electron chi connectivity index (χ1n) is 6.60. The van der Waals surface area contributed by atoms with Crippen LogP contribution in [0.4, 0.5) is 0 Å². The van der Waals surface area contributed by atoms with Crippen LogP contribution in [-0.2, 0) is 22.0 Å². The molecule has 0 spiro atoms. The van der Waals surface area contributed by atoms with Crippen LogP contribution in [0.5, 0.6) is 0 Å². The van der Waals surface area contributed by atoms with E-state index in [2.05, 4.69) is 5.32 Å². The van der Waals surface area contributed by atoms with Crippen molar-refractivity contribution in [3.63, 3.8) is 0 Å². The molecule has 19 heavy (non-hydrogen) atoms. The molecule has 3 N–H and O–H groups in total. The van der Waals surface area contributed by atoms with Gasteiger partial charge in [0.15, 0.2) is 0 Å². The van der Waals surface area contributed by atoms with Gasteiger partial charge in [0.2, 0.25) is 5.91 Å². The second-order valence-corrected chi connectivity index (χ2v) is 6.62. The zero-order chi connectivity index (χ0) is 13.7. The van der Waals surface area contributed by atoms with Crippen LogP contribution in [0, 0.1) is 0 Å². The summed E-state index contributed by atoms with van der Waals surface area (Å²) in [6.07, 6.45) is 2.12. The maximum Gasteiger partial charge on any atom is 0.237 e. The van der Waals surface area contributed by atoms with Crippen molar-refractivity contribution in [3.05, 3.63) is 35.9 Å². The molecule has 0 radical (unpaired) electrons. The van der Waals surface area contributed by atoms with Gasteiger partial charge < -0.3 is 11.1 Å². The average molecular weight is 280 g/mol. The van der Waals surface area contributed by atoms with E-state index >= 15 is 0 Å². The highest BCUT2D eigenvalue weighted by atomic mass is 32.2. The fraction of sp³-hybridized carbons (Fsp3) is 0.500. The first kappa shape index (κ1) is 14.2. The summed E-state index contributed by atoms with van der Waals surface area (Å²) in [6, 6.07) is 9.37. The van der Waals surface area contributed by atoms with Crippen molar-refractivity contribution < 1.29 is 9.00 Å². The van der Waals surface area contributed by atoms with Crippen LogP contribution in [0.15, 0.2) is 30.3 Å². The largest absolute Gasteiger partial charge is 0.352 e. The van der Waals surface area contributed by atoms with Crippen LogP contribution < -0.4 is 11.1 Å². The molecule has 0 saturated carbocycles. The molecule has 1 saturated heterocycles.